The maximum atomic E-state index is 6.47. The van der Waals surface area contributed by atoms with Crippen molar-refractivity contribution >= 4 is 33.7 Å². The van der Waals surface area contributed by atoms with Gasteiger partial charge in [-0.2, -0.15) is 0 Å². The van der Waals surface area contributed by atoms with E-state index in [0.717, 1.165) is 31.2 Å². The van der Waals surface area contributed by atoms with Crippen LogP contribution in [0.5, 0.6) is 0 Å². The van der Waals surface area contributed by atoms with E-state index in [1.807, 2.05) is 0 Å². The lowest BCUT2D eigenvalue weighted by Crippen LogP contribution is -2.46. The molecule has 0 radical (unpaired) electrons. The standard InChI is InChI=1S/C24H24ClN3/c25-20-9-8-16-14-23(19-5-3-4-18(20)24(16)19)27-12-10-17(11-13-27)28-15-26-21-6-1-2-7-22(21)28/h1-9,17,23,26H,10-15H2. The summed E-state index contributed by atoms with van der Waals surface area (Å²) in [7, 11) is 0. The van der Waals surface area contributed by atoms with Gasteiger partial charge in [-0.15, -0.1) is 0 Å². The Morgan fingerprint density at radius 3 is 2.68 bits per heavy atom. The average Bonchev–Trinajstić information content (AvgIpc) is 3.34. The number of hydrogen-bond donors (Lipinski definition) is 1. The molecule has 1 unspecified atom stereocenters. The summed E-state index contributed by atoms with van der Waals surface area (Å²) in [4.78, 5) is 5.27. The Kier molecular flexibility index (Phi) is 3.82. The number of rotatable bonds is 2. The van der Waals surface area contributed by atoms with Crippen molar-refractivity contribution < 1.29 is 0 Å². The predicted octanol–water partition coefficient (Wildman–Crippen LogP) is 5.44. The first-order valence-electron chi connectivity index (χ1n) is 10.3. The van der Waals surface area contributed by atoms with Crippen molar-refractivity contribution in [2.75, 3.05) is 30.0 Å². The summed E-state index contributed by atoms with van der Waals surface area (Å²) in [5.41, 5.74) is 5.58. The lowest BCUT2D eigenvalue weighted by molar-refractivity contribution is 0.154. The van der Waals surface area contributed by atoms with Crippen LogP contribution in [0.15, 0.2) is 54.6 Å². The van der Waals surface area contributed by atoms with E-state index in [0.29, 0.717) is 12.1 Å². The molecule has 0 bridgehead atoms. The van der Waals surface area contributed by atoms with E-state index in [-0.39, 0.29) is 0 Å². The minimum atomic E-state index is 0.502. The molecule has 6 rings (SSSR count). The third kappa shape index (κ3) is 2.46. The lowest BCUT2D eigenvalue weighted by atomic mass is 9.98. The van der Waals surface area contributed by atoms with E-state index in [4.69, 9.17) is 11.6 Å². The lowest BCUT2D eigenvalue weighted by Gasteiger charge is -2.40. The van der Waals surface area contributed by atoms with Gasteiger partial charge in [-0.05, 0) is 54.0 Å². The SMILES string of the molecule is Clc1ccc2c3c(cccc13)C(N1CCC(N3CNc4ccccc43)CC1)C2. The Hall–Kier alpha value is -2.23. The molecule has 0 amide bonds. The van der Waals surface area contributed by atoms with E-state index in [1.54, 1.807) is 0 Å². The number of halogens is 1. The van der Waals surface area contributed by atoms with Crippen molar-refractivity contribution in [2.24, 2.45) is 0 Å². The maximum Gasteiger partial charge on any atom is 0.0880 e. The summed E-state index contributed by atoms with van der Waals surface area (Å²) in [6, 6.07) is 20.8. The van der Waals surface area contributed by atoms with Gasteiger partial charge < -0.3 is 10.2 Å². The fourth-order valence-electron chi connectivity index (χ4n) is 5.53. The molecule has 4 heteroatoms. The number of hydrogen-bond acceptors (Lipinski definition) is 3. The first-order valence-corrected chi connectivity index (χ1v) is 10.7. The largest absolute Gasteiger partial charge is 0.366 e. The van der Waals surface area contributed by atoms with Crippen molar-refractivity contribution in [1.82, 2.24) is 4.90 Å². The van der Waals surface area contributed by atoms with E-state index < -0.39 is 0 Å². The number of anilines is 2. The van der Waals surface area contributed by atoms with Crippen molar-refractivity contribution in [3.05, 3.63) is 70.7 Å². The molecule has 1 aliphatic carbocycles. The molecule has 142 valence electrons. The molecule has 0 spiro atoms. The van der Waals surface area contributed by atoms with Gasteiger partial charge in [-0.25, -0.2) is 0 Å². The predicted molar refractivity (Wildman–Crippen MR) is 117 cm³/mol. The number of nitrogens with one attached hydrogen (secondary N) is 1. The first kappa shape index (κ1) is 16.7. The summed E-state index contributed by atoms with van der Waals surface area (Å²) in [5, 5.41) is 7.04. The number of likely N-dealkylation sites (tertiary alicyclic amines) is 1. The van der Waals surface area contributed by atoms with E-state index in [1.165, 1.54) is 46.1 Å². The number of benzene rings is 3. The molecule has 1 N–H and O–H groups in total. The molecule has 2 aliphatic heterocycles. The molecule has 3 aromatic rings. The van der Waals surface area contributed by atoms with E-state index in [9.17, 15) is 0 Å². The van der Waals surface area contributed by atoms with Gasteiger partial charge in [0.05, 0.1) is 18.0 Å². The van der Waals surface area contributed by atoms with Crippen molar-refractivity contribution in [1.29, 1.82) is 0 Å². The highest BCUT2D eigenvalue weighted by Gasteiger charge is 2.34. The van der Waals surface area contributed by atoms with Gasteiger partial charge >= 0.3 is 0 Å². The zero-order chi connectivity index (χ0) is 18.7. The van der Waals surface area contributed by atoms with Crippen molar-refractivity contribution in [3.8, 4) is 0 Å². The molecule has 2 heterocycles. The smallest absolute Gasteiger partial charge is 0.0880 e. The Balaban J connectivity index is 1.22. The van der Waals surface area contributed by atoms with Crippen LogP contribution in [0, 0.1) is 0 Å². The van der Waals surface area contributed by atoms with Crippen LogP contribution in [0.1, 0.15) is 30.0 Å². The molecular weight excluding hydrogens is 366 g/mol. The van der Waals surface area contributed by atoms with Gasteiger partial charge in [0.25, 0.3) is 0 Å². The number of para-hydroxylation sites is 2. The van der Waals surface area contributed by atoms with Crippen LogP contribution < -0.4 is 10.2 Å². The highest BCUT2D eigenvalue weighted by atomic mass is 35.5. The van der Waals surface area contributed by atoms with Crippen molar-refractivity contribution in [2.45, 2.75) is 31.3 Å². The Morgan fingerprint density at radius 2 is 1.79 bits per heavy atom. The summed E-state index contributed by atoms with van der Waals surface area (Å²) in [5.74, 6) is 0. The summed E-state index contributed by atoms with van der Waals surface area (Å²) in [6.45, 7) is 3.26. The van der Waals surface area contributed by atoms with Crippen LogP contribution >= 0.6 is 11.6 Å². The topological polar surface area (TPSA) is 18.5 Å². The molecule has 0 aromatic heterocycles. The Labute approximate surface area is 170 Å². The Morgan fingerprint density at radius 1 is 0.929 bits per heavy atom. The second-order valence-electron chi connectivity index (χ2n) is 8.29. The summed E-state index contributed by atoms with van der Waals surface area (Å²) in [6.07, 6.45) is 3.56. The molecule has 0 saturated carbocycles. The third-order valence-electron chi connectivity index (χ3n) is 6.91. The number of nitrogens with zero attached hydrogens (tertiary/aromatic N) is 2. The number of piperidine rings is 1. The number of fused-ring (bicyclic) bond motifs is 1. The van der Waals surface area contributed by atoms with Gasteiger partial charge in [0, 0.05) is 35.6 Å². The molecule has 3 nitrogen and oxygen atoms in total. The molecule has 3 aromatic carbocycles. The minimum absolute atomic E-state index is 0.502. The second kappa shape index (κ2) is 6.40. The zero-order valence-corrected chi connectivity index (χ0v) is 16.6. The van der Waals surface area contributed by atoms with E-state index in [2.05, 4.69) is 69.7 Å². The van der Waals surface area contributed by atoms with E-state index >= 15 is 0 Å². The molecule has 1 saturated heterocycles. The average molecular weight is 390 g/mol. The normalized spacial score (nSPS) is 21.9. The molecular formula is C24H24ClN3. The molecule has 28 heavy (non-hydrogen) atoms. The van der Waals surface area contributed by atoms with Crippen LogP contribution in [0.2, 0.25) is 5.02 Å². The third-order valence-corrected chi connectivity index (χ3v) is 7.24. The van der Waals surface area contributed by atoms with Gasteiger partial charge in [-0.1, -0.05) is 48.0 Å². The fourth-order valence-corrected chi connectivity index (χ4v) is 5.75. The highest BCUT2D eigenvalue weighted by molar-refractivity contribution is 6.35. The van der Waals surface area contributed by atoms with Gasteiger partial charge in [0.15, 0.2) is 0 Å². The minimum Gasteiger partial charge on any atom is -0.366 e. The van der Waals surface area contributed by atoms with Gasteiger partial charge in [-0.3, -0.25) is 4.90 Å². The zero-order valence-electron chi connectivity index (χ0n) is 15.9. The maximum absolute atomic E-state index is 6.47. The van der Waals surface area contributed by atoms with Crippen LogP contribution in [-0.2, 0) is 6.42 Å². The van der Waals surface area contributed by atoms with Crippen LogP contribution in [0.4, 0.5) is 11.4 Å². The fraction of sp³-hybridized carbons (Fsp3) is 0.333. The van der Waals surface area contributed by atoms with Crippen LogP contribution in [0.25, 0.3) is 10.8 Å². The summed E-state index contributed by atoms with van der Waals surface area (Å²) >= 11 is 6.47. The van der Waals surface area contributed by atoms with Crippen molar-refractivity contribution in [3.63, 3.8) is 0 Å². The van der Waals surface area contributed by atoms with Gasteiger partial charge in [0.1, 0.15) is 0 Å². The highest BCUT2D eigenvalue weighted by Crippen LogP contribution is 2.43. The molecule has 1 fully saturated rings. The molecule has 1 atom stereocenters. The summed E-state index contributed by atoms with van der Waals surface area (Å²) < 4.78 is 0. The Bertz CT molecular complexity index is 1050. The van der Waals surface area contributed by atoms with Gasteiger partial charge in [0.2, 0.25) is 0 Å². The monoisotopic (exact) mass is 389 g/mol. The van der Waals surface area contributed by atoms with Crippen LogP contribution in [0.3, 0.4) is 0 Å². The van der Waals surface area contributed by atoms with Crippen LogP contribution in [-0.4, -0.2) is 30.7 Å². The molecule has 3 aliphatic rings. The second-order valence-corrected chi connectivity index (χ2v) is 8.69. The first-order chi connectivity index (χ1) is 13.8. The quantitative estimate of drug-likeness (QED) is 0.629.